The third-order valence-corrected chi connectivity index (χ3v) is 2.43. The number of nitro benzene ring substituents is 1. The molecule has 0 aromatic heterocycles. The van der Waals surface area contributed by atoms with Crippen molar-refractivity contribution in [2.24, 2.45) is 0 Å². The highest BCUT2D eigenvalue weighted by Gasteiger charge is 2.25. The van der Waals surface area contributed by atoms with Crippen molar-refractivity contribution in [2.45, 2.75) is 13.8 Å². The van der Waals surface area contributed by atoms with Crippen molar-refractivity contribution in [3.05, 3.63) is 33.9 Å². The van der Waals surface area contributed by atoms with E-state index in [9.17, 15) is 19.7 Å². The Bertz CT molecular complexity index is 543. The molecule has 0 aliphatic carbocycles. The van der Waals surface area contributed by atoms with Crippen molar-refractivity contribution in [1.82, 2.24) is 5.32 Å². The van der Waals surface area contributed by atoms with Gasteiger partial charge in [-0.2, -0.15) is 0 Å². The first kappa shape index (κ1) is 16.4. The number of esters is 1. The van der Waals surface area contributed by atoms with E-state index in [4.69, 9.17) is 4.74 Å². The first-order valence-corrected chi connectivity index (χ1v) is 6.35. The minimum atomic E-state index is -0.765. The number of carbonyl (C=O) groups is 2. The SMILES string of the molecule is CCOC(=O)CNC(=O)c1c(OCC)cccc1[N+](=O)[O-]. The van der Waals surface area contributed by atoms with Crippen molar-refractivity contribution in [3.8, 4) is 5.75 Å². The van der Waals surface area contributed by atoms with Gasteiger partial charge in [-0.05, 0) is 19.9 Å². The normalized spacial score (nSPS) is 9.81. The second kappa shape index (κ2) is 7.83. The van der Waals surface area contributed by atoms with Crippen LogP contribution in [0.15, 0.2) is 18.2 Å². The van der Waals surface area contributed by atoms with Gasteiger partial charge in [-0.15, -0.1) is 0 Å². The lowest BCUT2D eigenvalue weighted by Gasteiger charge is -2.10. The third-order valence-electron chi connectivity index (χ3n) is 2.43. The van der Waals surface area contributed by atoms with E-state index in [-0.39, 0.29) is 36.8 Å². The summed E-state index contributed by atoms with van der Waals surface area (Å²) in [6.07, 6.45) is 0. The number of ether oxygens (including phenoxy) is 2. The number of rotatable bonds is 7. The van der Waals surface area contributed by atoms with Crippen LogP contribution in [0.3, 0.4) is 0 Å². The Morgan fingerprint density at radius 3 is 2.57 bits per heavy atom. The summed E-state index contributed by atoms with van der Waals surface area (Å²) in [6.45, 7) is 3.39. The average molecular weight is 296 g/mol. The molecular weight excluding hydrogens is 280 g/mol. The molecule has 1 N–H and O–H groups in total. The second-order valence-electron chi connectivity index (χ2n) is 3.83. The third kappa shape index (κ3) is 4.44. The van der Waals surface area contributed by atoms with Gasteiger partial charge in [-0.3, -0.25) is 19.7 Å². The van der Waals surface area contributed by atoms with Gasteiger partial charge in [0, 0.05) is 6.07 Å². The quantitative estimate of drug-likeness (QED) is 0.461. The molecule has 0 fully saturated rings. The fraction of sp³-hybridized carbons (Fsp3) is 0.385. The number of hydrogen-bond acceptors (Lipinski definition) is 6. The Morgan fingerprint density at radius 1 is 1.29 bits per heavy atom. The highest BCUT2D eigenvalue weighted by atomic mass is 16.6. The van der Waals surface area contributed by atoms with E-state index in [1.165, 1.54) is 18.2 Å². The predicted octanol–water partition coefficient (Wildman–Crippen LogP) is 1.29. The van der Waals surface area contributed by atoms with Crippen LogP contribution >= 0.6 is 0 Å². The molecule has 1 rings (SSSR count). The topological polar surface area (TPSA) is 108 Å². The molecular formula is C13H16N2O6. The molecule has 0 aliphatic heterocycles. The summed E-state index contributed by atoms with van der Waals surface area (Å²) in [4.78, 5) is 33.6. The van der Waals surface area contributed by atoms with Crippen LogP contribution in [0, 0.1) is 10.1 Å². The van der Waals surface area contributed by atoms with Crippen LogP contribution in [0.2, 0.25) is 0 Å². The summed E-state index contributed by atoms with van der Waals surface area (Å²) < 4.78 is 9.89. The maximum absolute atomic E-state index is 12.1. The van der Waals surface area contributed by atoms with Crippen molar-refractivity contribution in [3.63, 3.8) is 0 Å². The number of carbonyl (C=O) groups excluding carboxylic acids is 2. The predicted molar refractivity (Wildman–Crippen MR) is 73.2 cm³/mol. The fourth-order valence-electron chi connectivity index (χ4n) is 1.63. The highest BCUT2D eigenvalue weighted by Crippen LogP contribution is 2.28. The van der Waals surface area contributed by atoms with E-state index >= 15 is 0 Å². The summed E-state index contributed by atoms with van der Waals surface area (Å²) in [5, 5.41) is 13.3. The van der Waals surface area contributed by atoms with E-state index in [0.717, 1.165) is 0 Å². The largest absolute Gasteiger partial charge is 0.493 e. The van der Waals surface area contributed by atoms with Gasteiger partial charge in [0.25, 0.3) is 11.6 Å². The molecule has 0 unspecified atom stereocenters. The van der Waals surface area contributed by atoms with Crippen LogP contribution in [0.25, 0.3) is 0 Å². The standard InChI is InChI=1S/C13H16N2O6/c1-3-20-10-7-5-6-9(15(18)19)12(10)13(17)14-8-11(16)21-4-2/h5-7H,3-4,8H2,1-2H3,(H,14,17). The van der Waals surface area contributed by atoms with E-state index < -0.39 is 16.8 Å². The maximum atomic E-state index is 12.1. The molecule has 0 heterocycles. The summed E-state index contributed by atoms with van der Waals surface area (Å²) in [5.41, 5.74) is -0.601. The molecule has 0 saturated carbocycles. The zero-order chi connectivity index (χ0) is 15.8. The number of nitrogens with one attached hydrogen (secondary N) is 1. The molecule has 0 saturated heterocycles. The van der Waals surface area contributed by atoms with Crippen molar-refractivity contribution in [2.75, 3.05) is 19.8 Å². The van der Waals surface area contributed by atoms with Gasteiger partial charge in [-0.25, -0.2) is 0 Å². The molecule has 1 amide bonds. The van der Waals surface area contributed by atoms with Gasteiger partial charge >= 0.3 is 5.97 Å². The van der Waals surface area contributed by atoms with Gasteiger partial charge < -0.3 is 14.8 Å². The van der Waals surface area contributed by atoms with Gasteiger partial charge in [0.05, 0.1) is 18.1 Å². The van der Waals surface area contributed by atoms with E-state index in [0.29, 0.717) is 0 Å². The van der Waals surface area contributed by atoms with E-state index in [2.05, 4.69) is 10.1 Å². The van der Waals surface area contributed by atoms with Crippen LogP contribution in [0.4, 0.5) is 5.69 Å². The van der Waals surface area contributed by atoms with Crippen molar-refractivity contribution < 1.29 is 24.0 Å². The molecule has 0 atom stereocenters. The lowest BCUT2D eigenvalue weighted by atomic mass is 10.1. The minimum absolute atomic E-state index is 0.0908. The second-order valence-corrected chi connectivity index (χ2v) is 3.83. The molecule has 8 heteroatoms. The lowest BCUT2D eigenvalue weighted by molar-refractivity contribution is -0.385. The maximum Gasteiger partial charge on any atom is 0.325 e. The minimum Gasteiger partial charge on any atom is -0.493 e. The molecule has 0 aliphatic rings. The molecule has 0 spiro atoms. The number of hydrogen-bond donors (Lipinski definition) is 1. The molecule has 114 valence electrons. The summed E-state index contributed by atoms with van der Waals surface area (Å²) >= 11 is 0. The molecule has 0 radical (unpaired) electrons. The first-order chi connectivity index (χ1) is 10.0. The number of benzene rings is 1. The van der Waals surface area contributed by atoms with E-state index in [1.54, 1.807) is 13.8 Å². The Morgan fingerprint density at radius 2 is 2.00 bits per heavy atom. The van der Waals surface area contributed by atoms with Gasteiger partial charge in [0.2, 0.25) is 0 Å². The van der Waals surface area contributed by atoms with Gasteiger partial charge in [0.1, 0.15) is 12.3 Å². The summed E-state index contributed by atoms with van der Waals surface area (Å²) in [7, 11) is 0. The average Bonchev–Trinajstić information content (AvgIpc) is 2.45. The zero-order valence-electron chi connectivity index (χ0n) is 11.8. The Kier molecular flexibility index (Phi) is 6.12. The molecule has 21 heavy (non-hydrogen) atoms. The smallest absolute Gasteiger partial charge is 0.325 e. The van der Waals surface area contributed by atoms with Crippen LogP contribution in [0.5, 0.6) is 5.75 Å². The van der Waals surface area contributed by atoms with Crippen LogP contribution in [-0.4, -0.2) is 36.6 Å². The highest BCUT2D eigenvalue weighted by molar-refractivity contribution is 6.02. The zero-order valence-corrected chi connectivity index (χ0v) is 11.8. The van der Waals surface area contributed by atoms with E-state index in [1.807, 2.05) is 0 Å². The van der Waals surface area contributed by atoms with Crippen molar-refractivity contribution in [1.29, 1.82) is 0 Å². The van der Waals surface area contributed by atoms with Crippen molar-refractivity contribution >= 4 is 17.6 Å². The number of nitrogens with zero attached hydrogens (tertiary/aromatic N) is 1. The Hall–Kier alpha value is -2.64. The van der Waals surface area contributed by atoms with Crippen LogP contribution in [0.1, 0.15) is 24.2 Å². The Labute approximate surface area is 121 Å². The van der Waals surface area contributed by atoms with Crippen LogP contribution < -0.4 is 10.1 Å². The molecule has 1 aromatic rings. The summed E-state index contributed by atoms with van der Waals surface area (Å²) in [6, 6.07) is 4.07. The molecule has 0 bridgehead atoms. The summed E-state index contributed by atoms with van der Waals surface area (Å²) in [5.74, 6) is -1.30. The lowest BCUT2D eigenvalue weighted by Crippen LogP contribution is -2.31. The number of amides is 1. The molecule has 1 aromatic carbocycles. The fourth-order valence-corrected chi connectivity index (χ4v) is 1.63. The van der Waals surface area contributed by atoms with Gasteiger partial charge in [-0.1, -0.05) is 6.07 Å². The van der Waals surface area contributed by atoms with Crippen LogP contribution in [-0.2, 0) is 9.53 Å². The monoisotopic (exact) mass is 296 g/mol. The Balaban J connectivity index is 3.00. The molecule has 8 nitrogen and oxygen atoms in total. The van der Waals surface area contributed by atoms with Gasteiger partial charge in [0.15, 0.2) is 5.56 Å². The first-order valence-electron chi connectivity index (χ1n) is 6.35. The number of nitro groups is 1.